The number of rotatable bonds is 7. The minimum Gasteiger partial charge on any atom is -0.387 e. The van der Waals surface area contributed by atoms with Crippen molar-refractivity contribution in [2.75, 3.05) is 26.0 Å². The van der Waals surface area contributed by atoms with Gasteiger partial charge in [0.25, 0.3) is 0 Å². The summed E-state index contributed by atoms with van der Waals surface area (Å²) >= 11 is 0. The summed E-state index contributed by atoms with van der Waals surface area (Å²) in [6, 6.07) is 7.74. The van der Waals surface area contributed by atoms with Crippen LogP contribution in [0, 0.1) is 0 Å². The van der Waals surface area contributed by atoms with Gasteiger partial charge in [-0.15, -0.1) is 0 Å². The number of para-hydroxylation sites is 1. The van der Waals surface area contributed by atoms with Crippen LogP contribution in [0.5, 0.6) is 0 Å². The molecule has 1 aliphatic carbocycles. The number of likely N-dealkylation sites (N-methyl/N-ethyl adjacent to an activating group) is 1. The highest BCUT2D eigenvalue weighted by Gasteiger charge is 2.29. The fourth-order valence-electron chi connectivity index (χ4n) is 2.20. The molecule has 0 bridgehead atoms. The van der Waals surface area contributed by atoms with Crippen molar-refractivity contribution in [1.29, 1.82) is 0 Å². The van der Waals surface area contributed by atoms with Crippen molar-refractivity contribution >= 4 is 15.7 Å². The Hall–Kier alpha value is -1.11. The maximum absolute atomic E-state index is 12.4. The minimum absolute atomic E-state index is 0.194. The van der Waals surface area contributed by atoms with E-state index in [2.05, 4.69) is 22.0 Å². The van der Waals surface area contributed by atoms with Crippen LogP contribution in [0.25, 0.3) is 0 Å². The molecule has 1 atom stereocenters. The van der Waals surface area contributed by atoms with E-state index in [0.29, 0.717) is 23.2 Å². The zero-order valence-corrected chi connectivity index (χ0v) is 13.1. The number of anilines is 1. The Morgan fingerprint density at radius 2 is 2.00 bits per heavy atom. The lowest BCUT2D eigenvalue weighted by molar-refractivity contribution is 0.248. The lowest BCUT2D eigenvalue weighted by atomic mass is 10.3. The average molecular weight is 297 g/mol. The van der Waals surface area contributed by atoms with E-state index >= 15 is 0 Å². The lowest BCUT2D eigenvalue weighted by Crippen LogP contribution is -2.41. The van der Waals surface area contributed by atoms with Gasteiger partial charge in [0.1, 0.15) is 4.90 Å². The molecule has 0 saturated heterocycles. The Bertz CT molecular complexity index is 555. The van der Waals surface area contributed by atoms with E-state index in [0.717, 1.165) is 0 Å². The number of hydrogen-bond acceptors (Lipinski definition) is 4. The van der Waals surface area contributed by atoms with Gasteiger partial charge in [0, 0.05) is 25.7 Å². The maximum atomic E-state index is 12.4. The minimum atomic E-state index is -3.48. The van der Waals surface area contributed by atoms with Crippen LogP contribution < -0.4 is 10.0 Å². The molecule has 0 spiro atoms. The standard InChI is InChI=1S/C14H23N3O2S/c1-11(17(3)12-8-9-12)10-16-20(18,19)14-7-5-4-6-13(14)15-2/h4-7,11-12,15-16H,8-10H2,1-3H3. The highest BCUT2D eigenvalue weighted by Crippen LogP contribution is 2.27. The molecule has 1 aromatic carbocycles. The van der Waals surface area contributed by atoms with E-state index in [1.807, 2.05) is 13.0 Å². The van der Waals surface area contributed by atoms with Gasteiger partial charge in [0.05, 0.1) is 5.69 Å². The van der Waals surface area contributed by atoms with E-state index in [1.54, 1.807) is 25.2 Å². The third kappa shape index (κ3) is 3.50. The number of nitrogens with zero attached hydrogens (tertiary/aromatic N) is 1. The largest absolute Gasteiger partial charge is 0.387 e. The quantitative estimate of drug-likeness (QED) is 0.800. The number of hydrogen-bond donors (Lipinski definition) is 2. The Labute approximate surface area is 121 Å². The van der Waals surface area contributed by atoms with Gasteiger partial charge >= 0.3 is 0 Å². The van der Waals surface area contributed by atoms with Crippen LogP contribution in [-0.2, 0) is 10.0 Å². The molecular weight excluding hydrogens is 274 g/mol. The molecule has 0 heterocycles. The van der Waals surface area contributed by atoms with Crippen LogP contribution >= 0.6 is 0 Å². The first kappa shape index (κ1) is 15.3. The van der Waals surface area contributed by atoms with Crippen LogP contribution in [0.1, 0.15) is 19.8 Å². The van der Waals surface area contributed by atoms with E-state index in [-0.39, 0.29) is 6.04 Å². The van der Waals surface area contributed by atoms with Gasteiger partial charge in [-0.1, -0.05) is 12.1 Å². The molecule has 1 aromatic rings. The van der Waals surface area contributed by atoms with Gasteiger partial charge in [-0.2, -0.15) is 0 Å². The molecule has 1 aliphatic rings. The Kier molecular flexibility index (Phi) is 4.67. The smallest absolute Gasteiger partial charge is 0.242 e. The lowest BCUT2D eigenvalue weighted by Gasteiger charge is -2.24. The molecule has 1 fully saturated rings. The predicted octanol–water partition coefficient (Wildman–Crippen LogP) is 1.49. The highest BCUT2D eigenvalue weighted by molar-refractivity contribution is 7.89. The Balaban J connectivity index is 2.03. The summed E-state index contributed by atoms with van der Waals surface area (Å²) < 4.78 is 27.4. The van der Waals surface area contributed by atoms with Crippen LogP contribution in [0.15, 0.2) is 29.2 Å². The SMILES string of the molecule is CNc1ccccc1S(=O)(=O)NCC(C)N(C)C1CC1. The van der Waals surface area contributed by atoms with E-state index in [1.165, 1.54) is 12.8 Å². The van der Waals surface area contributed by atoms with Crippen molar-refractivity contribution in [3.63, 3.8) is 0 Å². The van der Waals surface area contributed by atoms with Crippen LogP contribution in [-0.4, -0.2) is 46.0 Å². The van der Waals surface area contributed by atoms with Crippen LogP contribution in [0.4, 0.5) is 5.69 Å². The van der Waals surface area contributed by atoms with Gasteiger partial charge in [-0.25, -0.2) is 13.1 Å². The van der Waals surface area contributed by atoms with Crippen LogP contribution in [0.2, 0.25) is 0 Å². The Morgan fingerprint density at radius 1 is 1.35 bits per heavy atom. The van der Waals surface area contributed by atoms with Crippen molar-refractivity contribution in [3.8, 4) is 0 Å². The molecule has 2 rings (SSSR count). The molecule has 1 saturated carbocycles. The van der Waals surface area contributed by atoms with Gasteiger partial charge in [-0.3, -0.25) is 4.90 Å². The monoisotopic (exact) mass is 297 g/mol. The maximum Gasteiger partial charge on any atom is 0.242 e. The number of benzene rings is 1. The van der Waals surface area contributed by atoms with E-state index in [9.17, 15) is 8.42 Å². The summed E-state index contributed by atoms with van der Waals surface area (Å²) in [6.45, 7) is 2.47. The first-order valence-corrected chi connectivity index (χ1v) is 8.42. The number of sulfonamides is 1. The normalized spacial score (nSPS) is 17.2. The average Bonchev–Trinajstić information content (AvgIpc) is 3.28. The molecule has 0 radical (unpaired) electrons. The second kappa shape index (κ2) is 6.11. The molecule has 112 valence electrons. The zero-order valence-electron chi connectivity index (χ0n) is 12.3. The second-order valence-electron chi connectivity index (χ2n) is 5.34. The predicted molar refractivity (Wildman–Crippen MR) is 81.4 cm³/mol. The molecule has 6 heteroatoms. The van der Waals surface area contributed by atoms with Crippen molar-refractivity contribution in [3.05, 3.63) is 24.3 Å². The third-order valence-corrected chi connectivity index (χ3v) is 5.31. The first-order valence-electron chi connectivity index (χ1n) is 6.94. The topological polar surface area (TPSA) is 61.4 Å². The molecule has 1 unspecified atom stereocenters. The van der Waals surface area contributed by atoms with Gasteiger partial charge in [0.2, 0.25) is 10.0 Å². The molecule has 0 aromatic heterocycles. The highest BCUT2D eigenvalue weighted by atomic mass is 32.2. The number of nitrogens with one attached hydrogen (secondary N) is 2. The third-order valence-electron chi connectivity index (χ3n) is 3.83. The van der Waals surface area contributed by atoms with Crippen molar-refractivity contribution in [2.45, 2.75) is 36.7 Å². The summed E-state index contributed by atoms with van der Waals surface area (Å²) in [6.07, 6.45) is 2.44. The van der Waals surface area contributed by atoms with Crippen molar-refractivity contribution in [2.24, 2.45) is 0 Å². The molecule has 0 aliphatic heterocycles. The van der Waals surface area contributed by atoms with Crippen LogP contribution in [0.3, 0.4) is 0 Å². The molecular formula is C14H23N3O2S. The van der Waals surface area contributed by atoms with Crippen molar-refractivity contribution in [1.82, 2.24) is 9.62 Å². The Morgan fingerprint density at radius 3 is 2.60 bits per heavy atom. The second-order valence-corrected chi connectivity index (χ2v) is 7.08. The summed E-state index contributed by atoms with van der Waals surface area (Å²) in [5, 5.41) is 2.91. The molecule has 20 heavy (non-hydrogen) atoms. The van der Waals surface area contributed by atoms with Crippen molar-refractivity contribution < 1.29 is 8.42 Å². The molecule has 0 amide bonds. The summed E-state index contributed by atoms with van der Waals surface area (Å²) in [5.74, 6) is 0. The van der Waals surface area contributed by atoms with E-state index < -0.39 is 10.0 Å². The fraction of sp³-hybridized carbons (Fsp3) is 0.571. The fourth-order valence-corrected chi connectivity index (χ4v) is 3.53. The summed E-state index contributed by atoms with van der Waals surface area (Å²) in [5.41, 5.74) is 0.614. The van der Waals surface area contributed by atoms with Gasteiger partial charge < -0.3 is 5.32 Å². The molecule has 2 N–H and O–H groups in total. The van der Waals surface area contributed by atoms with Gasteiger partial charge in [0.15, 0.2) is 0 Å². The zero-order chi connectivity index (χ0) is 14.8. The summed E-state index contributed by atoms with van der Waals surface area (Å²) in [4.78, 5) is 2.54. The summed E-state index contributed by atoms with van der Waals surface area (Å²) in [7, 11) is 0.298. The van der Waals surface area contributed by atoms with E-state index in [4.69, 9.17) is 0 Å². The molecule has 5 nitrogen and oxygen atoms in total. The van der Waals surface area contributed by atoms with Gasteiger partial charge in [-0.05, 0) is 38.9 Å². The first-order chi connectivity index (χ1) is 9.45.